The van der Waals surface area contributed by atoms with Gasteiger partial charge < -0.3 is 5.32 Å². The Hall–Kier alpha value is -2.07. The van der Waals surface area contributed by atoms with Crippen LogP contribution < -0.4 is 5.32 Å². The lowest BCUT2D eigenvalue weighted by Crippen LogP contribution is -1.98. The summed E-state index contributed by atoms with van der Waals surface area (Å²) in [6.07, 6.45) is 1.85. The van der Waals surface area contributed by atoms with Crippen LogP contribution in [0.25, 0.3) is 10.8 Å². The zero-order valence-electron chi connectivity index (χ0n) is 11.4. The first kappa shape index (κ1) is 12.9. The Kier molecular flexibility index (Phi) is 3.56. The summed E-state index contributed by atoms with van der Waals surface area (Å²) in [6, 6.07) is 14.8. The molecule has 100 valence electrons. The predicted molar refractivity (Wildman–Crippen MR) is 84.4 cm³/mol. The van der Waals surface area contributed by atoms with Crippen molar-refractivity contribution >= 4 is 28.5 Å². The second-order valence-corrected chi connectivity index (χ2v) is 5.61. The van der Waals surface area contributed by atoms with Crippen LogP contribution in [0.1, 0.15) is 5.56 Å². The summed E-state index contributed by atoms with van der Waals surface area (Å²) in [4.78, 5) is 9.91. The molecule has 4 heteroatoms. The fraction of sp³-hybridized carbons (Fsp3) is 0.125. The maximum Gasteiger partial charge on any atom is 0.223 e. The average Bonchev–Trinajstić information content (AvgIpc) is 2.49. The zero-order chi connectivity index (χ0) is 13.9. The highest BCUT2D eigenvalue weighted by molar-refractivity contribution is 7.99. The van der Waals surface area contributed by atoms with Crippen LogP contribution in [0, 0.1) is 6.92 Å². The molecular weight excluding hydrogens is 266 g/mol. The van der Waals surface area contributed by atoms with E-state index < -0.39 is 0 Å². The molecule has 20 heavy (non-hydrogen) atoms. The maximum atomic E-state index is 4.51. The summed E-state index contributed by atoms with van der Waals surface area (Å²) in [5.74, 6) is 0.652. The average molecular weight is 281 g/mol. The Labute approximate surface area is 122 Å². The highest BCUT2D eigenvalue weighted by Gasteiger charge is 2.06. The quantitative estimate of drug-likeness (QED) is 0.732. The van der Waals surface area contributed by atoms with Crippen molar-refractivity contribution < 1.29 is 0 Å². The Balaban J connectivity index is 1.96. The fourth-order valence-electron chi connectivity index (χ4n) is 1.99. The molecular formula is C16H15N3S. The molecule has 0 aliphatic carbocycles. The van der Waals surface area contributed by atoms with Crippen molar-refractivity contribution in [2.75, 3.05) is 12.4 Å². The minimum absolute atomic E-state index is 0.652. The van der Waals surface area contributed by atoms with Crippen molar-refractivity contribution in [1.29, 1.82) is 0 Å². The van der Waals surface area contributed by atoms with E-state index in [1.807, 2.05) is 20.2 Å². The van der Waals surface area contributed by atoms with Crippen molar-refractivity contribution in [1.82, 2.24) is 9.97 Å². The van der Waals surface area contributed by atoms with Gasteiger partial charge in [0.1, 0.15) is 5.03 Å². The van der Waals surface area contributed by atoms with Crippen LogP contribution in [0.3, 0.4) is 0 Å². The molecule has 0 spiro atoms. The number of benzene rings is 2. The molecule has 0 amide bonds. The van der Waals surface area contributed by atoms with E-state index in [9.17, 15) is 0 Å². The van der Waals surface area contributed by atoms with E-state index in [-0.39, 0.29) is 0 Å². The van der Waals surface area contributed by atoms with Crippen molar-refractivity contribution in [2.45, 2.75) is 16.8 Å². The van der Waals surface area contributed by atoms with E-state index in [2.05, 4.69) is 57.7 Å². The molecule has 0 fully saturated rings. The molecule has 0 saturated heterocycles. The van der Waals surface area contributed by atoms with Gasteiger partial charge >= 0.3 is 0 Å². The van der Waals surface area contributed by atoms with Crippen LogP contribution in [0.15, 0.2) is 58.6 Å². The molecule has 0 radical (unpaired) electrons. The number of nitrogens with one attached hydrogen (secondary N) is 1. The first-order valence-corrected chi connectivity index (χ1v) is 7.26. The second kappa shape index (κ2) is 5.51. The summed E-state index contributed by atoms with van der Waals surface area (Å²) in [5, 5.41) is 6.47. The standard InChI is InChI=1S/C16H15N3S/c1-11-10-18-16(17-2)19-15(11)20-14-8-7-12-5-3-4-6-13(12)9-14/h3-10H,1-2H3,(H,17,18,19). The largest absolute Gasteiger partial charge is 0.357 e. The number of anilines is 1. The van der Waals surface area contributed by atoms with Crippen LogP contribution in [0.4, 0.5) is 5.95 Å². The number of aryl methyl sites for hydroxylation is 1. The van der Waals surface area contributed by atoms with Gasteiger partial charge in [-0.2, -0.15) is 0 Å². The summed E-state index contributed by atoms with van der Waals surface area (Å²) < 4.78 is 0. The van der Waals surface area contributed by atoms with Crippen LogP contribution in [0.2, 0.25) is 0 Å². The van der Waals surface area contributed by atoms with Crippen LogP contribution >= 0.6 is 11.8 Å². The zero-order valence-corrected chi connectivity index (χ0v) is 12.2. The van der Waals surface area contributed by atoms with E-state index >= 15 is 0 Å². The molecule has 0 bridgehead atoms. The first-order valence-electron chi connectivity index (χ1n) is 6.44. The van der Waals surface area contributed by atoms with Crippen molar-refractivity contribution in [3.63, 3.8) is 0 Å². The Morgan fingerprint density at radius 3 is 2.65 bits per heavy atom. The highest BCUT2D eigenvalue weighted by Crippen LogP contribution is 2.31. The number of aromatic nitrogens is 2. The van der Waals surface area contributed by atoms with E-state index in [0.29, 0.717) is 5.95 Å². The molecule has 1 aromatic heterocycles. The van der Waals surface area contributed by atoms with Gasteiger partial charge in [0, 0.05) is 23.7 Å². The van der Waals surface area contributed by atoms with Gasteiger partial charge in [-0.05, 0) is 29.8 Å². The van der Waals surface area contributed by atoms with Crippen LogP contribution in [0.5, 0.6) is 0 Å². The van der Waals surface area contributed by atoms with Gasteiger partial charge in [-0.25, -0.2) is 9.97 Å². The van der Waals surface area contributed by atoms with Crippen LogP contribution in [-0.4, -0.2) is 17.0 Å². The third kappa shape index (κ3) is 2.60. The van der Waals surface area contributed by atoms with E-state index in [1.54, 1.807) is 11.8 Å². The van der Waals surface area contributed by atoms with Crippen molar-refractivity contribution in [3.8, 4) is 0 Å². The lowest BCUT2D eigenvalue weighted by molar-refractivity contribution is 1.00. The Morgan fingerprint density at radius 2 is 1.85 bits per heavy atom. The Bertz CT molecular complexity index is 756. The molecule has 3 nitrogen and oxygen atoms in total. The molecule has 1 heterocycles. The highest BCUT2D eigenvalue weighted by atomic mass is 32.2. The summed E-state index contributed by atoms with van der Waals surface area (Å²) in [6.45, 7) is 2.03. The molecule has 0 atom stereocenters. The van der Waals surface area contributed by atoms with Gasteiger partial charge in [0.2, 0.25) is 5.95 Å². The fourth-order valence-corrected chi connectivity index (χ4v) is 2.88. The van der Waals surface area contributed by atoms with E-state index in [1.165, 1.54) is 15.7 Å². The second-order valence-electron chi connectivity index (χ2n) is 4.54. The molecule has 0 saturated carbocycles. The topological polar surface area (TPSA) is 37.8 Å². The summed E-state index contributed by atoms with van der Waals surface area (Å²) in [5.41, 5.74) is 1.09. The normalized spacial score (nSPS) is 10.7. The van der Waals surface area contributed by atoms with Crippen molar-refractivity contribution in [3.05, 3.63) is 54.2 Å². The third-order valence-electron chi connectivity index (χ3n) is 3.08. The molecule has 3 aromatic rings. The SMILES string of the molecule is CNc1ncc(C)c(Sc2ccc3ccccc3c2)n1. The molecule has 0 aliphatic heterocycles. The van der Waals surface area contributed by atoms with Gasteiger partial charge in [0.15, 0.2) is 0 Å². The molecule has 2 aromatic carbocycles. The van der Waals surface area contributed by atoms with Gasteiger partial charge in [0.25, 0.3) is 0 Å². The van der Waals surface area contributed by atoms with Gasteiger partial charge in [0.05, 0.1) is 0 Å². The predicted octanol–water partition coefficient (Wildman–Crippen LogP) is 4.13. The van der Waals surface area contributed by atoms with Gasteiger partial charge in [-0.1, -0.05) is 42.1 Å². The van der Waals surface area contributed by atoms with E-state index in [4.69, 9.17) is 0 Å². The minimum Gasteiger partial charge on any atom is -0.357 e. The molecule has 0 aliphatic rings. The van der Waals surface area contributed by atoms with E-state index in [0.717, 1.165) is 10.6 Å². The molecule has 3 rings (SSSR count). The number of rotatable bonds is 3. The molecule has 1 N–H and O–H groups in total. The lowest BCUT2D eigenvalue weighted by Gasteiger charge is -2.07. The Morgan fingerprint density at radius 1 is 1.05 bits per heavy atom. The minimum atomic E-state index is 0.652. The summed E-state index contributed by atoms with van der Waals surface area (Å²) >= 11 is 1.67. The maximum absolute atomic E-state index is 4.51. The number of hydrogen-bond acceptors (Lipinski definition) is 4. The monoisotopic (exact) mass is 281 g/mol. The molecule has 0 unspecified atom stereocenters. The number of fused-ring (bicyclic) bond motifs is 1. The van der Waals surface area contributed by atoms with Gasteiger partial charge in [-0.3, -0.25) is 0 Å². The van der Waals surface area contributed by atoms with Crippen LogP contribution in [-0.2, 0) is 0 Å². The number of nitrogens with zero attached hydrogens (tertiary/aromatic N) is 2. The summed E-state index contributed by atoms with van der Waals surface area (Å²) in [7, 11) is 1.83. The lowest BCUT2D eigenvalue weighted by atomic mass is 10.1. The first-order chi connectivity index (χ1) is 9.76. The van der Waals surface area contributed by atoms with Crippen molar-refractivity contribution in [2.24, 2.45) is 0 Å². The third-order valence-corrected chi connectivity index (χ3v) is 4.18. The smallest absolute Gasteiger partial charge is 0.223 e. The van der Waals surface area contributed by atoms with Gasteiger partial charge in [-0.15, -0.1) is 0 Å². The number of hydrogen-bond donors (Lipinski definition) is 1.